The number of nitrogens with one attached hydrogen (secondary N) is 1. The third-order valence-corrected chi connectivity index (χ3v) is 10.2. The predicted molar refractivity (Wildman–Crippen MR) is 143 cm³/mol. The quantitative estimate of drug-likeness (QED) is 0.219. The van der Waals surface area contributed by atoms with Gasteiger partial charge in [-0.1, -0.05) is 25.5 Å². The molecule has 0 bridgehead atoms. The average molecular weight is 560 g/mol. The molecule has 7 atom stereocenters. The lowest BCUT2D eigenvalue weighted by Gasteiger charge is -2.59. The summed E-state index contributed by atoms with van der Waals surface area (Å²) in [5.74, 6) is -2.67. The van der Waals surface area contributed by atoms with Crippen LogP contribution in [0.5, 0.6) is 0 Å². The fourth-order valence-electron chi connectivity index (χ4n) is 8.06. The third kappa shape index (κ3) is 5.52. The zero-order valence-electron chi connectivity index (χ0n) is 23.3. The number of carbonyl (C=O) groups excluding carboxylic acids is 4. The normalized spacial score (nSPS) is 36.1. The van der Waals surface area contributed by atoms with Crippen LogP contribution < -0.4 is 5.32 Å². The third-order valence-electron chi connectivity index (χ3n) is 10.2. The Balaban J connectivity index is 1.32. The van der Waals surface area contributed by atoms with E-state index in [-0.39, 0.29) is 61.5 Å². The van der Waals surface area contributed by atoms with Gasteiger partial charge in [0.2, 0.25) is 11.7 Å². The highest BCUT2D eigenvalue weighted by atomic mass is 16.5. The lowest BCUT2D eigenvalue weighted by atomic mass is 9.46. The second-order valence-electron chi connectivity index (χ2n) is 12.4. The van der Waals surface area contributed by atoms with Crippen molar-refractivity contribution in [3.63, 3.8) is 0 Å². The molecule has 4 N–H and O–H groups in total. The number of aliphatic hydroxyl groups is 2. The summed E-state index contributed by atoms with van der Waals surface area (Å²) in [6.45, 7) is 3.63. The average Bonchev–Trinajstić information content (AvgIpc) is 3.16. The second kappa shape index (κ2) is 11.6. The number of carboxylic acids is 1. The van der Waals surface area contributed by atoms with Gasteiger partial charge >= 0.3 is 11.9 Å². The highest BCUT2D eigenvalue weighted by Gasteiger charge is 2.68. The summed E-state index contributed by atoms with van der Waals surface area (Å²) in [4.78, 5) is 60.0. The minimum absolute atomic E-state index is 0.00542. The van der Waals surface area contributed by atoms with Crippen LogP contribution in [0.15, 0.2) is 23.8 Å². The summed E-state index contributed by atoms with van der Waals surface area (Å²) in [7, 11) is 0. The van der Waals surface area contributed by atoms with Crippen molar-refractivity contribution in [2.45, 2.75) is 89.8 Å². The summed E-state index contributed by atoms with van der Waals surface area (Å²) < 4.78 is 5.15. The first-order valence-electron chi connectivity index (χ1n) is 14.3. The molecule has 3 saturated carbocycles. The molecule has 10 heteroatoms. The second-order valence-corrected chi connectivity index (χ2v) is 12.4. The van der Waals surface area contributed by atoms with E-state index in [0.717, 1.165) is 18.4 Å². The Morgan fingerprint density at radius 3 is 2.58 bits per heavy atom. The minimum Gasteiger partial charge on any atom is -0.481 e. The van der Waals surface area contributed by atoms with Gasteiger partial charge in [0.15, 0.2) is 12.4 Å². The van der Waals surface area contributed by atoms with Crippen molar-refractivity contribution in [2.24, 2.45) is 28.6 Å². The Labute approximate surface area is 234 Å². The molecule has 0 radical (unpaired) electrons. The van der Waals surface area contributed by atoms with E-state index in [0.29, 0.717) is 25.8 Å². The molecule has 0 aromatic carbocycles. The van der Waals surface area contributed by atoms with Crippen LogP contribution in [0.2, 0.25) is 0 Å². The van der Waals surface area contributed by atoms with Crippen LogP contribution in [-0.2, 0) is 28.7 Å². The van der Waals surface area contributed by atoms with Gasteiger partial charge in [0.1, 0.15) is 5.60 Å². The van der Waals surface area contributed by atoms with E-state index in [4.69, 9.17) is 9.84 Å². The first-order valence-corrected chi connectivity index (χ1v) is 14.3. The number of esters is 1. The largest absolute Gasteiger partial charge is 0.481 e. The number of carbonyl (C=O) groups is 5. The van der Waals surface area contributed by atoms with Gasteiger partial charge in [0.05, 0.1) is 12.5 Å². The van der Waals surface area contributed by atoms with E-state index in [9.17, 15) is 34.2 Å². The van der Waals surface area contributed by atoms with Gasteiger partial charge in [-0.25, -0.2) is 0 Å². The summed E-state index contributed by atoms with van der Waals surface area (Å²) in [5.41, 5.74) is -2.04. The van der Waals surface area contributed by atoms with Crippen LogP contribution in [-0.4, -0.2) is 69.6 Å². The Hall–Kier alpha value is -2.85. The maximum Gasteiger partial charge on any atom is 0.306 e. The molecule has 0 spiro atoms. The Bertz CT molecular complexity index is 1130. The number of aliphatic hydroxyl groups excluding tert-OH is 1. The van der Waals surface area contributed by atoms with E-state index >= 15 is 0 Å². The van der Waals surface area contributed by atoms with Crippen LogP contribution in [0.25, 0.3) is 0 Å². The van der Waals surface area contributed by atoms with Crippen molar-refractivity contribution < 1.29 is 44.0 Å². The summed E-state index contributed by atoms with van der Waals surface area (Å²) in [5, 5.41) is 34.4. The van der Waals surface area contributed by atoms with Crippen molar-refractivity contribution in [1.82, 2.24) is 5.32 Å². The minimum atomic E-state index is -1.74. The Kier molecular flexibility index (Phi) is 8.71. The number of ketones is 2. The topological polar surface area (TPSA) is 167 Å². The first kappa shape index (κ1) is 30.1. The standard InChI is InChI=1S/C30H41NO9/c1-28-12-10-19(32)15-18(28)6-7-20-21-11-13-30(39,29(21,2)16-22(33)27(20)28)23(34)17-40-26(38)9-8-24(35)31-14-4-3-5-25(36)37/h10,12,15,20-22,27,33,39H,3-9,11,13-14,16-17H2,1-2H3,(H,31,35)(H,36,37)/t20-,21-,22+,27+,28+,29+,30+/m1/s1. The number of carboxylic acid groups (broad SMARTS) is 1. The highest BCUT2D eigenvalue weighted by molar-refractivity contribution is 6.01. The fraction of sp³-hybridized carbons (Fsp3) is 0.700. The molecule has 0 aromatic heterocycles. The molecule has 3 fully saturated rings. The molecule has 220 valence electrons. The van der Waals surface area contributed by atoms with Gasteiger partial charge in [-0.05, 0) is 68.9 Å². The zero-order chi connectivity index (χ0) is 29.3. The van der Waals surface area contributed by atoms with Crippen LogP contribution in [0, 0.1) is 28.6 Å². The van der Waals surface area contributed by atoms with E-state index in [1.165, 1.54) is 0 Å². The van der Waals surface area contributed by atoms with Crippen molar-refractivity contribution in [3.8, 4) is 0 Å². The molecule has 4 aliphatic carbocycles. The van der Waals surface area contributed by atoms with Gasteiger partial charge in [-0.2, -0.15) is 0 Å². The van der Waals surface area contributed by atoms with Crippen LogP contribution in [0.4, 0.5) is 0 Å². The molecular formula is C30H41NO9. The van der Waals surface area contributed by atoms with E-state index in [1.807, 2.05) is 13.0 Å². The van der Waals surface area contributed by atoms with E-state index in [2.05, 4.69) is 12.2 Å². The summed E-state index contributed by atoms with van der Waals surface area (Å²) in [6.07, 6.45) is 7.59. The molecule has 4 rings (SSSR count). The predicted octanol–water partition coefficient (Wildman–Crippen LogP) is 2.26. The number of amides is 1. The van der Waals surface area contributed by atoms with Gasteiger partial charge in [-0.15, -0.1) is 0 Å². The molecule has 1 amide bonds. The van der Waals surface area contributed by atoms with Crippen molar-refractivity contribution in [1.29, 1.82) is 0 Å². The number of unbranched alkanes of at least 4 members (excludes halogenated alkanes) is 1. The van der Waals surface area contributed by atoms with Gasteiger partial charge in [-0.3, -0.25) is 24.0 Å². The maximum atomic E-state index is 13.3. The van der Waals surface area contributed by atoms with Gasteiger partial charge < -0.3 is 25.4 Å². The number of fused-ring (bicyclic) bond motifs is 5. The van der Waals surface area contributed by atoms with Crippen molar-refractivity contribution in [2.75, 3.05) is 13.2 Å². The monoisotopic (exact) mass is 559 g/mol. The number of allylic oxidation sites excluding steroid dienone is 4. The number of hydrogen-bond acceptors (Lipinski definition) is 8. The molecule has 0 aromatic rings. The maximum absolute atomic E-state index is 13.3. The number of aliphatic carboxylic acids is 1. The smallest absolute Gasteiger partial charge is 0.306 e. The molecule has 10 nitrogen and oxygen atoms in total. The lowest BCUT2D eigenvalue weighted by Crippen LogP contribution is -2.61. The molecule has 0 heterocycles. The van der Waals surface area contributed by atoms with Crippen LogP contribution >= 0.6 is 0 Å². The van der Waals surface area contributed by atoms with E-state index in [1.54, 1.807) is 12.2 Å². The lowest BCUT2D eigenvalue weighted by molar-refractivity contribution is -0.181. The number of hydrogen-bond donors (Lipinski definition) is 4. The molecule has 40 heavy (non-hydrogen) atoms. The number of Topliss-reactive ketones (excluding diaryl/α,β-unsaturated/α-hetero) is 1. The Morgan fingerprint density at radius 2 is 1.85 bits per heavy atom. The highest BCUT2D eigenvalue weighted by Crippen LogP contribution is 2.67. The van der Waals surface area contributed by atoms with Crippen LogP contribution in [0.1, 0.15) is 78.1 Å². The van der Waals surface area contributed by atoms with Crippen LogP contribution in [0.3, 0.4) is 0 Å². The summed E-state index contributed by atoms with van der Waals surface area (Å²) in [6, 6.07) is 0. The molecule has 0 saturated heterocycles. The SMILES string of the molecule is C[C@]12C=CC(=O)C=C1CC[C@H]1[C@H]2[C@@H](O)C[C@@]2(C)[C@@H]1CC[C@]2(O)C(=O)COC(=O)CCC(=O)NCCCCC(=O)O. The Morgan fingerprint density at radius 1 is 1.10 bits per heavy atom. The molecule has 0 aliphatic heterocycles. The molecule has 4 aliphatic rings. The molecular weight excluding hydrogens is 518 g/mol. The first-order chi connectivity index (χ1) is 18.8. The number of rotatable bonds is 11. The van der Waals surface area contributed by atoms with Crippen molar-refractivity contribution in [3.05, 3.63) is 23.8 Å². The number of ether oxygens (including phenoxy) is 1. The zero-order valence-corrected chi connectivity index (χ0v) is 23.3. The van der Waals surface area contributed by atoms with Crippen molar-refractivity contribution >= 4 is 29.4 Å². The van der Waals surface area contributed by atoms with E-state index < -0.39 is 46.9 Å². The molecule has 0 unspecified atom stereocenters. The fourth-order valence-corrected chi connectivity index (χ4v) is 8.06. The summed E-state index contributed by atoms with van der Waals surface area (Å²) >= 11 is 0. The van der Waals surface area contributed by atoms with Gasteiger partial charge in [0, 0.05) is 36.1 Å². The van der Waals surface area contributed by atoms with Gasteiger partial charge in [0.25, 0.3) is 0 Å².